The van der Waals surface area contributed by atoms with Gasteiger partial charge in [0.05, 0.1) is 14.2 Å². The predicted molar refractivity (Wildman–Crippen MR) is 354 cm³/mol. The van der Waals surface area contributed by atoms with Gasteiger partial charge >= 0.3 is 0 Å². The normalized spacial score (nSPS) is 11.1. The number of aryl methyl sites for hydroxylation is 2. The molecule has 0 aliphatic carbocycles. The zero-order valence-electron chi connectivity index (χ0n) is 47.7. The first-order valence-corrected chi connectivity index (χ1v) is 28.8. The lowest BCUT2D eigenvalue weighted by molar-refractivity contribution is 0.414. The molecule has 0 aliphatic rings. The molecule has 0 aliphatic heterocycles. The summed E-state index contributed by atoms with van der Waals surface area (Å²) in [6.07, 6.45) is 0. The highest BCUT2D eigenvalue weighted by Gasteiger charge is 2.32. The highest BCUT2D eigenvalue weighted by Crippen LogP contribution is 2.59. The molecule has 0 atom stereocenters. The van der Waals surface area contributed by atoms with Gasteiger partial charge in [-0.2, -0.15) is 0 Å². The summed E-state index contributed by atoms with van der Waals surface area (Å²) in [6.45, 7) is 4.34. The lowest BCUT2D eigenvalue weighted by Gasteiger charge is -2.30. The average Bonchev–Trinajstić information content (AvgIpc) is 0.986. The molecular formula is C82H62O2. The Morgan fingerprint density at radius 2 is 0.286 bits per heavy atom. The molecule has 0 unspecified atom stereocenters. The van der Waals surface area contributed by atoms with Crippen molar-refractivity contribution in [1.29, 1.82) is 0 Å². The Kier molecular flexibility index (Phi) is 14.8. The largest absolute Gasteiger partial charge is 0.497 e. The van der Waals surface area contributed by atoms with Crippen molar-refractivity contribution in [3.8, 4) is 145 Å². The molecule has 0 saturated carbocycles. The van der Waals surface area contributed by atoms with Gasteiger partial charge in [0.25, 0.3) is 0 Å². The maximum atomic E-state index is 5.83. The summed E-state index contributed by atoms with van der Waals surface area (Å²) in [5.41, 5.74) is 29.7. The van der Waals surface area contributed by atoms with Crippen molar-refractivity contribution in [3.63, 3.8) is 0 Å². The van der Waals surface area contributed by atoms with E-state index in [2.05, 4.69) is 317 Å². The second kappa shape index (κ2) is 23.5. The van der Waals surface area contributed by atoms with E-state index in [1.807, 2.05) is 0 Å². The molecule has 0 aromatic heterocycles. The van der Waals surface area contributed by atoms with Gasteiger partial charge in [-0.25, -0.2) is 0 Å². The fourth-order valence-electron chi connectivity index (χ4n) is 12.4. The first kappa shape index (κ1) is 52.8. The molecule has 402 valence electrons. The number of rotatable bonds is 14. The van der Waals surface area contributed by atoms with Crippen LogP contribution in [0.15, 0.2) is 303 Å². The van der Waals surface area contributed by atoms with Crippen molar-refractivity contribution in [3.05, 3.63) is 314 Å². The van der Waals surface area contributed by atoms with E-state index < -0.39 is 0 Å². The molecule has 13 rings (SSSR count). The van der Waals surface area contributed by atoms with Crippen LogP contribution in [0.2, 0.25) is 0 Å². The first-order valence-electron chi connectivity index (χ1n) is 28.8. The van der Waals surface area contributed by atoms with Crippen LogP contribution in [0.25, 0.3) is 134 Å². The van der Waals surface area contributed by atoms with Crippen molar-refractivity contribution in [2.45, 2.75) is 13.8 Å². The molecule has 13 aromatic rings. The quantitative estimate of drug-likeness (QED) is 0.108. The molecular weight excluding hydrogens is 1020 g/mol. The monoisotopic (exact) mass is 1080 g/mol. The van der Waals surface area contributed by atoms with Crippen LogP contribution in [0.1, 0.15) is 11.1 Å². The van der Waals surface area contributed by atoms with Gasteiger partial charge in [0.2, 0.25) is 0 Å². The molecule has 0 saturated heterocycles. The van der Waals surface area contributed by atoms with Gasteiger partial charge in [0.15, 0.2) is 0 Å². The van der Waals surface area contributed by atoms with Crippen molar-refractivity contribution < 1.29 is 9.47 Å². The summed E-state index contributed by atoms with van der Waals surface area (Å²) in [4.78, 5) is 0. The van der Waals surface area contributed by atoms with Crippen molar-refractivity contribution in [2.24, 2.45) is 0 Å². The Morgan fingerprint density at radius 1 is 0.155 bits per heavy atom. The fourth-order valence-corrected chi connectivity index (χ4v) is 12.4. The van der Waals surface area contributed by atoms with Gasteiger partial charge in [-0.1, -0.05) is 290 Å². The zero-order valence-corrected chi connectivity index (χ0v) is 47.7. The minimum absolute atomic E-state index is 0.795. The maximum Gasteiger partial charge on any atom is 0.118 e. The van der Waals surface area contributed by atoms with Gasteiger partial charge in [-0.05, 0) is 172 Å². The Bertz CT molecular complexity index is 4390. The topological polar surface area (TPSA) is 18.5 Å². The van der Waals surface area contributed by atoms with Gasteiger partial charge in [-0.3, -0.25) is 0 Å². The van der Waals surface area contributed by atoms with E-state index in [1.165, 1.54) is 38.9 Å². The molecule has 0 fully saturated rings. The third-order valence-electron chi connectivity index (χ3n) is 16.3. The van der Waals surface area contributed by atoms with Crippen molar-refractivity contribution in [1.82, 2.24) is 0 Å². The molecule has 2 heteroatoms. The van der Waals surface area contributed by atoms with Crippen LogP contribution in [0.5, 0.6) is 11.5 Å². The lowest BCUT2D eigenvalue weighted by Crippen LogP contribution is -2.03. The maximum absolute atomic E-state index is 5.83. The second-order valence-electron chi connectivity index (χ2n) is 21.5. The standard InChI is InChI=1S/C82H62O2/c1-55-35-39-63(40-36-55)77-71(57-23-11-5-12-24-57)72(58-25-13-6-14-26-58)79(75(61-31-19-9-20-32-61)78(77)64-41-37-56(2)38-42-64)65-43-45-66(46-44-65)80-73(59-27-15-7-16-28-59)74(60-29-17-8-18-30-60)81(67-47-51-69(83-3)52-48-67)82(68-49-53-70(84-4)54-50-68)76(80)62-33-21-10-22-34-62/h5-54H,1-4H3. The Hall–Kier alpha value is -10.5. The number of ether oxygens (including phenoxy) is 2. The minimum Gasteiger partial charge on any atom is -0.497 e. The van der Waals surface area contributed by atoms with Crippen LogP contribution in [-0.2, 0) is 0 Å². The highest BCUT2D eigenvalue weighted by atomic mass is 16.5. The van der Waals surface area contributed by atoms with Crippen LogP contribution in [-0.4, -0.2) is 14.2 Å². The van der Waals surface area contributed by atoms with E-state index in [-0.39, 0.29) is 0 Å². The van der Waals surface area contributed by atoms with Crippen LogP contribution in [0.4, 0.5) is 0 Å². The van der Waals surface area contributed by atoms with Crippen molar-refractivity contribution in [2.75, 3.05) is 14.2 Å². The summed E-state index contributed by atoms with van der Waals surface area (Å²) in [5.74, 6) is 1.59. The average molecular weight is 1080 g/mol. The molecule has 0 heterocycles. The Labute approximate surface area is 494 Å². The van der Waals surface area contributed by atoms with Crippen LogP contribution in [0.3, 0.4) is 0 Å². The molecule has 2 nitrogen and oxygen atoms in total. The molecule has 84 heavy (non-hydrogen) atoms. The molecule has 0 bridgehead atoms. The summed E-state index contributed by atoms with van der Waals surface area (Å²) in [7, 11) is 3.46. The van der Waals surface area contributed by atoms with Gasteiger partial charge < -0.3 is 9.47 Å². The lowest BCUT2D eigenvalue weighted by atomic mass is 9.73. The van der Waals surface area contributed by atoms with E-state index in [0.29, 0.717) is 0 Å². The molecule has 13 aromatic carbocycles. The minimum atomic E-state index is 0.795. The van der Waals surface area contributed by atoms with E-state index in [1.54, 1.807) is 14.2 Å². The Balaban J connectivity index is 1.21. The van der Waals surface area contributed by atoms with Crippen LogP contribution >= 0.6 is 0 Å². The van der Waals surface area contributed by atoms with Gasteiger partial charge in [0.1, 0.15) is 11.5 Å². The van der Waals surface area contributed by atoms with Gasteiger partial charge in [-0.15, -0.1) is 0 Å². The smallest absolute Gasteiger partial charge is 0.118 e. The zero-order chi connectivity index (χ0) is 56.9. The molecule has 0 radical (unpaired) electrons. The number of methoxy groups -OCH3 is 2. The van der Waals surface area contributed by atoms with Crippen molar-refractivity contribution >= 4 is 0 Å². The third kappa shape index (κ3) is 10.1. The molecule has 0 amide bonds. The van der Waals surface area contributed by atoms with Gasteiger partial charge in [0, 0.05) is 0 Å². The Morgan fingerprint density at radius 3 is 0.440 bits per heavy atom. The van der Waals surface area contributed by atoms with Crippen LogP contribution < -0.4 is 9.47 Å². The van der Waals surface area contributed by atoms with Crippen LogP contribution in [0, 0.1) is 13.8 Å². The summed E-state index contributed by atoms with van der Waals surface area (Å²) < 4.78 is 11.6. The second-order valence-corrected chi connectivity index (χ2v) is 21.5. The number of hydrogen-bond donors (Lipinski definition) is 0. The summed E-state index contributed by atoms with van der Waals surface area (Å²) >= 11 is 0. The van der Waals surface area contributed by atoms with E-state index in [0.717, 1.165) is 117 Å². The molecule has 0 spiro atoms. The molecule has 0 N–H and O–H groups in total. The summed E-state index contributed by atoms with van der Waals surface area (Å²) in [6, 6.07) is 111. The SMILES string of the molecule is COc1ccc(-c2c(-c3ccccc3)c(-c3ccccc3)c(-c3ccc(-c4c(-c5ccccc5)c(-c5ccccc5)c(-c5ccc(C)cc5)c(-c5ccc(C)cc5)c4-c4ccccc4)cc3)c(-c3ccccc3)c2-c2ccc(OC)cc2)cc1. The van der Waals surface area contributed by atoms with E-state index >= 15 is 0 Å². The van der Waals surface area contributed by atoms with E-state index in [9.17, 15) is 0 Å². The number of benzene rings is 13. The number of hydrogen-bond acceptors (Lipinski definition) is 2. The first-order chi connectivity index (χ1) is 41.4. The predicted octanol–water partition coefficient (Wildman–Crippen LogP) is 22.3. The summed E-state index contributed by atoms with van der Waals surface area (Å²) in [5, 5.41) is 0. The third-order valence-corrected chi connectivity index (χ3v) is 16.3. The fraction of sp³-hybridized carbons (Fsp3) is 0.0488. The van der Waals surface area contributed by atoms with E-state index in [4.69, 9.17) is 9.47 Å². The highest BCUT2D eigenvalue weighted by molar-refractivity contribution is 6.17.